The molecule has 2 N–H and O–H groups in total. The maximum atomic E-state index is 6.38. The van der Waals surface area contributed by atoms with Crippen molar-refractivity contribution >= 4 is 28.8 Å². The van der Waals surface area contributed by atoms with Gasteiger partial charge in [0, 0.05) is 28.6 Å². The van der Waals surface area contributed by atoms with Crippen LogP contribution in [0.1, 0.15) is 26.3 Å². The molecule has 2 aromatic carbocycles. The number of hydrogen-bond donors (Lipinski definition) is 1. The largest absolute Gasteiger partial charge is 0.372 e. The molecule has 22 heavy (non-hydrogen) atoms. The maximum Gasteiger partial charge on any atom is 0.0717 e. The summed E-state index contributed by atoms with van der Waals surface area (Å²) in [6.07, 6.45) is 1.03. The zero-order valence-electron chi connectivity index (χ0n) is 13.5. The van der Waals surface area contributed by atoms with E-state index in [-0.39, 0.29) is 0 Å². The van der Waals surface area contributed by atoms with Gasteiger partial charge in [0.1, 0.15) is 0 Å². The Morgan fingerprint density at radius 1 is 0.955 bits per heavy atom. The minimum atomic E-state index is 1.02. The molecule has 0 aliphatic carbocycles. The van der Waals surface area contributed by atoms with E-state index in [9.17, 15) is 0 Å². The smallest absolute Gasteiger partial charge is 0.0717 e. The van der Waals surface area contributed by atoms with Crippen LogP contribution in [0.3, 0.4) is 0 Å². The average molecular weight is 313 g/mol. The Labute approximate surface area is 137 Å². The molecule has 116 valence electrons. The van der Waals surface area contributed by atoms with Gasteiger partial charge in [-0.1, -0.05) is 24.8 Å². The summed E-state index contributed by atoms with van der Waals surface area (Å²) in [5, 5.41) is 1.83. The number of nitrogens with two attached hydrogens (primary N) is 1. The highest BCUT2D eigenvalue weighted by Gasteiger charge is 2.22. The molecular weight excluding hydrogens is 290 g/mol. The van der Waals surface area contributed by atoms with Gasteiger partial charge in [-0.25, -0.2) is 5.84 Å². The van der Waals surface area contributed by atoms with Crippen molar-refractivity contribution < 1.29 is 0 Å². The summed E-state index contributed by atoms with van der Waals surface area (Å²) >= 11 is 1.81. The summed E-state index contributed by atoms with van der Waals surface area (Å²) in [7, 11) is 0. The van der Waals surface area contributed by atoms with Crippen molar-refractivity contribution in [1.82, 2.24) is 0 Å². The van der Waals surface area contributed by atoms with E-state index < -0.39 is 0 Å². The zero-order chi connectivity index (χ0) is 15.7. The van der Waals surface area contributed by atoms with E-state index in [0.717, 1.165) is 30.9 Å². The third-order valence-electron chi connectivity index (χ3n) is 4.24. The Morgan fingerprint density at radius 2 is 1.73 bits per heavy atom. The van der Waals surface area contributed by atoms with Gasteiger partial charge >= 0.3 is 0 Å². The first kappa shape index (κ1) is 15.3. The molecule has 3 rings (SSSR count). The molecule has 0 spiro atoms. The third-order valence-corrected chi connectivity index (χ3v) is 5.35. The van der Waals surface area contributed by atoms with E-state index in [4.69, 9.17) is 5.84 Å². The first-order valence-electron chi connectivity index (χ1n) is 7.92. The molecule has 3 nitrogen and oxygen atoms in total. The van der Waals surface area contributed by atoms with E-state index >= 15 is 0 Å². The van der Waals surface area contributed by atoms with Crippen molar-refractivity contribution in [3.63, 3.8) is 0 Å². The van der Waals surface area contributed by atoms with Crippen LogP contribution in [0.25, 0.3) is 0 Å². The molecule has 1 aliphatic rings. The Kier molecular flexibility index (Phi) is 4.32. The highest BCUT2D eigenvalue weighted by atomic mass is 32.2. The minimum Gasteiger partial charge on any atom is -0.372 e. The van der Waals surface area contributed by atoms with Crippen LogP contribution >= 0.6 is 11.8 Å². The Hall–Kier alpha value is -1.65. The molecule has 0 unspecified atom stereocenters. The number of rotatable bonds is 4. The summed E-state index contributed by atoms with van der Waals surface area (Å²) in [6, 6.07) is 13.1. The van der Waals surface area contributed by atoms with Gasteiger partial charge in [0.05, 0.1) is 11.4 Å². The summed E-state index contributed by atoms with van der Waals surface area (Å²) in [6.45, 7) is 8.58. The molecule has 1 aliphatic heterocycles. The van der Waals surface area contributed by atoms with Gasteiger partial charge in [0.15, 0.2) is 0 Å². The topological polar surface area (TPSA) is 32.5 Å². The number of fused-ring (bicyclic) bond motifs is 2. The molecule has 0 atom stereocenters. The quantitative estimate of drug-likeness (QED) is 0.838. The number of benzene rings is 2. The standard InChI is InChI=1S/C18H23N3S/c1-4-13-7-10-17-16(11-13)21(19)15-9-8-14(12-18(15)22-17)20(5-2)6-3/h7-12H,4-6,19H2,1-3H3. The van der Waals surface area contributed by atoms with E-state index in [2.05, 4.69) is 62.1 Å². The lowest BCUT2D eigenvalue weighted by atomic mass is 10.1. The SMILES string of the molecule is CCc1ccc2c(c1)N(N)c1ccc(N(CC)CC)cc1S2. The van der Waals surface area contributed by atoms with Crippen molar-refractivity contribution in [2.24, 2.45) is 5.84 Å². The van der Waals surface area contributed by atoms with Gasteiger partial charge in [-0.05, 0) is 56.2 Å². The molecule has 0 bridgehead atoms. The predicted octanol–water partition coefficient (Wildman–Crippen LogP) is 4.57. The van der Waals surface area contributed by atoms with Crippen LogP contribution < -0.4 is 15.8 Å². The van der Waals surface area contributed by atoms with E-state index in [1.54, 1.807) is 0 Å². The van der Waals surface area contributed by atoms with Crippen molar-refractivity contribution in [3.05, 3.63) is 42.0 Å². The summed E-state index contributed by atoms with van der Waals surface area (Å²) in [4.78, 5) is 4.81. The van der Waals surface area contributed by atoms with Gasteiger partial charge in [-0.2, -0.15) is 0 Å². The van der Waals surface area contributed by atoms with Crippen molar-refractivity contribution in [2.75, 3.05) is 23.0 Å². The molecular formula is C18H23N3S. The number of anilines is 3. The number of aryl methyl sites for hydroxylation is 1. The molecule has 0 radical (unpaired) electrons. The summed E-state index contributed by atoms with van der Waals surface area (Å²) in [5.41, 5.74) is 4.77. The monoisotopic (exact) mass is 313 g/mol. The van der Waals surface area contributed by atoms with Crippen molar-refractivity contribution in [1.29, 1.82) is 0 Å². The average Bonchev–Trinajstić information content (AvgIpc) is 2.56. The molecule has 1 heterocycles. The maximum absolute atomic E-state index is 6.38. The lowest BCUT2D eigenvalue weighted by Crippen LogP contribution is -2.28. The highest BCUT2D eigenvalue weighted by Crippen LogP contribution is 2.48. The fourth-order valence-corrected chi connectivity index (χ4v) is 3.96. The molecule has 0 saturated heterocycles. The molecule has 4 heteroatoms. The lowest BCUT2D eigenvalue weighted by molar-refractivity contribution is 0.863. The Morgan fingerprint density at radius 3 is 2.41 bits per heavy atom. The summed E-state index contributed by atoms with van der Waals surface area (Å²) < 4.78 is 0. The second kappa shape index (κ2) is 6.23. The van der Waals surface area contributed by atoms with Crippen LogP contribution in [0.15, 0.2) is 46.2 Å². The van der Waals surface area contributed by atoms with E-state index in [1.165, 1.54) is 21.0 Å². The van der Waals surface area contributed by atoms with Gasteiger partial charge < -0.3 is 4.90 Å². The molecule has 0 aromatic heterocycles. The van der Waals surface area contributed by atoms with Crippen LogP contribution in [-0.4, -0.2) is 13.1 Å². The summed E-state index contributed by atoms with van der Waals surface area (Å²) in [5.74, 6) is 6.38. The van der Waals surface area contributed by atoms with Crippen LogP contribution in [0.5, 0.6) is 0 Å². The first-order chi connectivity index (χ1) is 10.7. The van der Waals surface area contributed by atoms with Crippen LogP contribution in [0, 0.1) is 0 Å². The lowest BCUT2D eigenvalue weighted by Gasteiger charge is -2.31. The van der Waals surface area contributed by atoms with Crippen LogP contribution in [-0.2, 0) is 6.42 Å². The predicted molar refractivity (Wildman–Crippen MR) is 96.3 cm³/mol. The van der Waals surface area contributed by atoms with Gasteiger partial charge in [-0.3, -0.25) is 5.01 Å². The number of hydrazine groups is 1. The van der Waals surface area contributed by atoms with Gasteiger partial charge in [0.25, 0.3) is 0 Å². The Bertz CT molecular complexity index is 680. The number of nitrogens with zero attached hydrogens (tertiary/aromatic N) is 2. The second-order valence-corrected chi connectivity index (χ2v) is 6.54. The first-order valence-corrected chi connectivity index (χ1v) is 8.74. The third kappa shape index (κ3) is 2.57. The fourth-order valence-electron chi connectivity index (χ4n) is 2.87. The normalized spacial score (nSPS) is 12.8. The molecule has 0 amide bonds. The number of hydrogen-bond acceptors (Lipinski definition) is 4. The fraction of sp³-hybridized carbons (Fsp3) is 0.333. The highest BCUT2D eigenvalue weighted by molar-refractivity contribution is 7.99. The minimum absolute atomic E-state index is 1.02. The van der Waals surface area contributed by atoms with Gasteiger partial charge in [-0.15, -0.1) is 0 Å². The van der Waals surface area contributed by atoms with Crippen molar-refractivity contribution in [2.45, 2.75) is 37.0 Å². The van der Waals surface area contributed by atoms with Crippen molar-refractivity contribution in [3.8, 4) is 0 Å². The zero-order valence-corrected chi connectivity index (χ0v) is 14.3. The van der Waals surface area contributed by atoms with E-state index in [0.29, 0.717) is 0 Å². The molecule has 0 saturated carbocycles. The Balaban J connectivity index is 2.01. The van der Waals surface area contributed by atoms with Gasteiger partial charge in [0.2, 0.25) is 0 Å². The second-order valence-electron chi connectivity index (χ2n) is 5.45. The van der Waals surface area contributed by atoms with E-state index in [1.807, 2.05) is 16.8 Å². The van der Waals surface area contributed by atoms with Crippen LogP contribution in [0.4, 0.5) is 17.1 Å². The van der Waals surface area contributed by atoms with Crippen LogP contribution in [0.2, 0.25) is 0 Å². The molecule has 2 aromatic rings. The molecule has 0 fully saturated rings.